The number of hydrogen-bond donors (Lipinski definition) is 1. The molecule has 0 bridgehead atoms. The van der Waals surface area contributed by atoms with Gasteiger partial charge in [0.05, 0.1) is 18.3 Å². The maximum Gasteiger partial charge on any atom is 0.317 e. The summed E-state index contributed by atoms with van der Waals surface area (Å²) >= 11 is 0. The van der Waals surface area contributed by atoms with E-state index in [0.717, 1.165) is 19.3 Å². The monoisotopic (exact) mass is 440 g/mol. The average molecular weight is 441 g/mol. The molecule has 182 valence electrons. The van der Waals surface area contributed by atoms with E-state index in [1.165, 1.54) is 83.5 Å². The van der Waals surface area contributed by atoms with Gasteiger partial charge in [-0.1, -0.05) is 124 Å². The van der Waals surface area contributed by atoms with E-state index in [1.54, 1.807) is 13.8 Å². The molecule has 31 heavy (non-hydrogen) atoms. The zero-order valence-corrected chi connectivity index (χ0v) is 20.5. The molecule has 0 aromatic heterocycles. The van der Waals surface area contributed by atoms with Crippen LogP contribution in [0.2, 0.25) is 0 Å². The Hall–Kier alpha value is -1.39. The highest BCUT2D eigenvalue weighted by Crippen LogP contribution is 2.19. The number of carboxylic acid groups (broad SMARTS) is 1. The predicted octanol–water partition coefficient (Wildman–Crippen LogP) is 7.45. The van der Waals surface area contributed by atoms with Crippen LogP contribution in [0, 0.1) is 11.8 Å². The molecule has 5 heteroatoms. The van der Waals surface area contributed by atoms with Gasteiger partial charge < -0.3 is 9.84 Å². The third-order valence-corrected chi connectivity index (χ3v) is 5.83. The number of carboxylic acids is 1. The molecule has 0 aromatic carbocycles. The summed E-state index contributed by atoms with van der Waals surface area (Å²) in [6.45, 7) is 5.56. The first kappa shape index (κ1) is 29.6. The van der Waals surface area contributed by atoms with Crippen LogP contribution >= 0.6 is 0 Å². The lowest BCUT2D eigenvalue weighted by Crippen LogP contribution is -2.25. The Morgan fingerprint density at radius 1 is 0.645 bits per heavy atom. The summed E-state index contributed by atoms with van der Waals surface area (Å²) in [4.78, 5) is 34.7. The number of aliphatic carboxylic acids is 1. The highest BCUT2D eigenvalue weighted by molar-refractivity contribution is 5.89. The summed E-state index contributed by atoms with van der Waals surface area (Å²) in [6, 6.07) is 0. The van der Waals surface area contributed by atoms with Gasteiger partial charge >= 0.3 is 17.9 Å². The number of ether oxygens (including phenoxy) is 1. The molecule has 5 nitrogen and oxygen atoms in total. The first-order valence-electron chi connectivity index (χ1n) is 12.9. The summed E-state index contributed by atoms with van der Waals surface area (Å²) in [6.07, 6.45) is 20.6. The van der Waals surface area contributed by atoms with Crippen LogP contribution in [0.25, 0.3) is 0 Å². The fourth-order valence-corrected chi connectivity index (χ4v) is 3.75. The van der Waals surface area contributed by atoms with Crippen LogP contribution in [-0.4, -0.2) is 23.0 Å². The fraction of sp³-hybridized carbons (Fsp3) is 0.885. The Labute approximate surface area is 190 Å². The number of rotatable bonds is 21. The molecule has 0 aromatic rings. The van der Waals surface area contributed by atoms with E-state index < -0.39 is 29.7 Å². The number of carbonyl (C=O) groups excluding carboxylic acids is 2. The van der Waals surface area contributed by atoms with Crippen molar-refractivity contribution in [1.82, 2.24) is 0 Å². The lowest BCUT2D eigenvalue weighted by molar-refractivity contribution is -0.166. The molecule has 0 spiro atoms. The van der Waals surface area contributed by atoms with Crippen LogP contribution < -0.4 is 0 Å². The standard InChI is InChI=1S/C26H48O5/c1-4-5-6-7-8-9-10-11-12-13-14-15-16-17-18-19-20-23(21-24(27)28)26(30)31-25(29)22(2)3/h22-23H,4-21H2,1-3H3,(H,27,28). The molecule has 0 rings (SSSR count). The van der Waals surface area contributed by atoms with Gasteiger partial charge in [0.1, 0.15) is 0 Å². The highest BCUT2D eigenvalue weighted by Gasteiger charge is 2.25. The van der Waals surface area contributed by atoms with E-state index >= 15 is 0 Å². The van der Waals surface area contributed by atoms with Crippen molar-refractivity contribution in [2.24, 2.45) is 11.8 Å². The Balaban J connectivity index is 3.65. The summed E-state index contributed by atoms with van der Waals surface area (Å²) in [5, 5.41) is 9.02. The van der Waals surface area contributed by atoms with Gasteiger partial charge in [0, 0.05) is 0 Å². The molecule has 1 N–H and O–H groups in total. The highest BCUT2D eigenvalue weighted by atomic mass is 16.6. The van der Waals surface area contributed by atoms with Gasteiger partial charge in [0.2, 0.25) is 0 Å². The predicted molar refractivity (Wildman–Crippen MR) is 126 cm³/mol. The van der Waals surface area contributed by atoms with Crippen molar-refractivity contribution < 1.29 is 24.2 Å². The van der Waals surface area contributed by atoms with E-state index in [4.69, 9.17) is 9.84 Å². The molecule has 0 heterocycles. The third kappa shape index (κ3) is 19.1. The largest absolute Gasteiger partial charge is 0.481 e. The minimum atomic E-state index is -1.03. The Bertz CT molecular complexity index is 472. The topological polar surface area (TPSA) is 80.7 Å². The summed E-state index contributed by atoms with van der Waals surface area (Å²) in [7, 11) is 0. The van der Waals surface area contributed by atoms with E-state index in [9.17, 15) is 14.4 Å². The van der Waals surface area contributed by atoms with Crippen LogP contribution in [0.3, 0.4) is 0 Å². The van der Waals surface area contributed by atoms with Gasteiger partial charge in [-0.05, 0) is 6.42 Å². The smallest absolute Gasteiger partial charge is 0.317 e. The van der Waals surface area contributed by atoms with E-state index in [2.05, 4.69) is 6.92 Å². The van der Waals surface area contributed by atoms with Crippen molar-refractivity contribution in [3.63, 3.8) is 0 Å². The minimum absolute atomic E-state index is 0.275. The van der Waals surface area contributed by atoms with Crippen molar-refractivity contribution in [2.45, 2.75) is 136 Å². The number of esters is 2. The van der Waals surface area contributed by atoms with Gasteiger partial charge in [-0.3, -0.25) is 14.4 Å². The van der Waals surface area contributed by atoms with E-state index in [-0.39, 0.29) is 6.42 Å². The zero-order valence-electron chi connectivity index (χ0n) is 20.5. The molecule has 0 saturated carbocycles. The lowest BCUT2D eigenvalue weighted by Gasteiger charge is -2.14. The second kappa shape index (κ2) is 20.5. The summed E-state index contributed by atoms with van der Waals surface area (Å²) in [5.74, 6) is -3.44. The SMILES string of the molecule is CCCCCCCCCCCCCCCCCCC(CC(=O)O)C(=O)OC(=O)C(C)C. The molecule has 0 radical (unpaired) electrons. The molecule has 0 aliphatic carbocycles. The van der Waals surface area contributed by atoms with Gasteiger partial charge in [-0.2, -0.15) is 0 Å². The Kier molecular flexibility index (Phi) is 19.6. The van der Waals surface area contributed by atoms with Crippen LogP contribution in [0.5, 0.6) is 0 Å². The zero-order chi connectivity index (χ0) is 23.3. The van der Waals surface area contributed by atoms with Gasteiger partial charge in [0.25, 0.3) is 0 Å². The number of unbranched alkanes of at least 4 members (excludes halogenated alkanes) is 15. The third-order valence-electron chi connectivity index (χ3n) is 5.83. The van der Waals surface area contributed by atoms with Crippen LogP contribution in [0.15, 0.2) is 0 Å². The first-order valence-corrected chi connectivity index (χ1v) is 12.9. The van der Waals surface area contributed by atoms with Crippen molar-refractivity contribution in [3.05, 3.63) is 0 Å². The number of carbonyl (C=O) groups is 3. The molecule has 0 saturated heterocycles. The maximum absolute atomic E-state index is 12.1. The molecule has 0 aliphatic rings. The normalized spacial score (nSPS) is 12.1. The van der Waals surface area contributed by atoms with E-state index in [0.29, 0.717) is 6.42 Å². The second-order valence-corrected chi connectivity index (χ2v) is 9.28. The van der Waals surface area contributed by atoms with Crippen molar-refractivity contribution in [2.75, 3.05) is 0 Å². The minimum Gasteiger partial charge on any atom is -0.481 e. The quantitative estimate of drug-likeness (QED) is 0.114. The summed E-state index contributed by atoms with van der Waals surface area (Å²) < 4.78 is 4.81. The van der Waals surface area contributed by atoms with Crippen LogP contribution in [0.1, 0.15) is 136 Å². The second-order valence-electron chi connectivity index (χ2n) is 9.28. The first-order chi connectivity index (χ1) is 14.9. The fourth-order valence-electron chi connectivity index (χ4n) is 3.75. The molecular weight excluding hydrogens is 392 g/mol. The lowest BCUT2D eigenvalue weighted by atomic mass is 9.97. The molecule has 1 atom stereocenters. The summed E-state index contributed by atoms with van der Waals surface area (Å²) in [5.41, 5.74) is 0. The molecular formula is C26H48O5. The molecule has 0 fully saturated rings. The van der Waals surface area contributed by atoms with Crippen LogP contribution in [0.4, 0.5) is 0 Å². The molecule has 0 aliphatic heterocycles. The van der Waals surface area contributed by atoms with E-state index in [1.807, 2.05) is 0 Å². The van der Waals surface area contributed by atoms with Crippen molar-refractivity contribution in [3.8, 4) is 0 Å². The van der Waals surface area contributed by atoms with Crippen LogP contribution in [-0.2, 0) is 19.1 Å². The Morgan fingerprint density at radius 3 is 1.39 bits per heavy atom. The maximum atomic E-state index is 12.1. The van der Waals surface area contributed by atoms with Crippen molar-refractivity contribution in [1.29, 1.82) is 0 Å². The van der Waals surface area contributed by atoms with Gasteiger partial charge in [0.15, 0.2) is 0 Å². The Morgan fingerprint density at radius 2 is 1.03 bits per heavy atom. The average Bonchev–Trinajstić information content (AvgIpc) is 2.72. The van der Waals surface area contributed by atoms with Crippen molar-refractivity contribution >= 4 is 17.9 Å². The van der Waals surface area contributed by atoms with Gasteiger partial charge in [-0.25, -0.2) is 0 Å². The number of hydrogen-bond acceptors (Lipinski definition) is 4. The van der Waals surface area contributed by atoms with Gasteiger partial charge in [-0.15, -0.1) is 0 Å². The molecule has 0 amide bonds. The molecule has 1 unspecified atom stereocenters.